The van der Waals surface area contributed by atoms with E-state index in [2.05, 4.69) is 4.98 Å². The second kappa shape index (κ2) is 5.53. The van der Waals surface area contributed by atoms with E-state index in [9.17, 15) is 14.7 Å². The smallest absolute Gasteiger partial charge is 0.311 e. The van der Waals surface area contributed by atoms with E-state index in [4.69, 9.17) is 4.42 Å². The van der Waals surface area contributed by atoms with Crippen molar-refractivity contribution in [2.24, 2.45) is 5.41 Å². The number of aromatic nitrogens is 1. The Bertz CT molecular complexity index is 753. The summed E-state index contributed by atoms with van der Waals surface area (Å²) in [6, 6.07) is 9.30. The van der Waals surface area contributed by atoms with Crippen molar-refractivity contribution in [1.82, 2.24) is 9.88 Å². The summed E-state index contributed by atoms with van der Waals surface area (Å²) in [4.78, 5) is 29.9. The van der Waals surface area contributed by atoms with Crippen LogP contribution < -0.4 is 0 Å². The normalized spacial score (nSPS) is 20.7. The average Bonchev–Trinajstić information content (AvgIpc) is 3.12. The molecule has 1 aromatic carbocycles. The Morgan fingerprint density at radius 3 is 2.61 bits per heavy atom. The van der Waals surface area contributed by atoms with Crippen LogP contribution in [-0.2, 0) is 4.79 Å². The maximum atomic E-state index is 12.8. The fraction of sp³-hybridized carbons (Fsp3) is 0.353. The molecular formula is C17H18N2O4. The Kier molecular flexibility index (Phi) is 3.67. The zero-order chi connectivity index (χ0) is 16.6. The molecule has 1 amide bonds. The number of carbonyl (C=O) groups is 2. The van der Waals surface area contributed by atoms with Gasteiger partial charge in [0.15, 0.2) is 17.3 Å². The fourth-order valence-corrected chi connectivity index (χ4v) is 2.82. The van der Waals surface area contributed by atoms with Gasteiger partial charge in [0, 0.05) is 25.6 Å². The van der Waals surface area contributed by atoms with E-state index in [1.165, 1.54) is 4.90 Å². The molecule has 1 N–H and O–H groups in total. The van der Waals surface area contributed by atoms with Crippen LogP contribution in [0.5, 0.6) is 0 Å². The minimum absolute atomic E-state index is 0.182. The maximum Gasteiger partial charge on any atom is 0.311 e. The molecule has 120 valence electrons. The van der Waals surface area contributed by atoms with Crippen molar-refractivity contribution in [2.75, 3.05) is 13.1 Å². The molecule has 1 fully saturated rings. The number of benzene rings is 1. The predicted octanol–water partition coefficient (Wildman–Crippen LogP) is 2.59. The van der Waals surface area contributed by atoms with E-state index in [-0.39, 0.29) is 18.1 Å². The summed E-state index contributed by atoms with van der Waals surface area (Å²) in [5.41, 5.74) is 0.112. The van der Waals surface area contributed by atoms with Crippen molar-refractivity contribution in [3.05, 3.63) is 41.9 Å². The molecule has 1 atom stereocenters. The highest BCUT2D eigenvalue weighted by Gasteiger charge is 2.43. The number of carboxylic acids is 1. The number of carboxylic acid groups (broad SMARTS) is 1. The molecule has 1 aliphatic heterocycles. The van der Waals surface area contributed by atoms with Crippen LogP contribution in [0.1, 0.15) is 29.7 Å². The number of aliphatic carboxylic acids is 1. The number of oxazole rings is 1. The number of aryl methyl sites for hydroxylation is 1. The number of nitrogens with zero attached hydrogens (tertiary/aromatic N) is 2. The van der Waals surface area contributed by atoms with Gasteiger partial charge in [-0.1, -0.05) is 30.3 Å². The first kappa shape index (κ1) is 15.3. The zero-order valence-corrected chi connectivity index (χ0v) is 13.1. The molecule has 1 aliphatic rings. The minimum atomic E-state index is -0.901. The molecule has 1 saturated heterocycles. The summed E-state index contributed by atoms with van der Waals surface area (Å²) in [6.07, 6.45) is 0.436. The summed E-state index contributed by atoms with van der Waals surface area (Å²) in [5.74, 6) is -0.331. The molecule has 2 aromatic rings. The van der Waals surface area contributed by atoms with Gasteiger partial charge < -0.3 is 14.4 Å². The monoisotopic (exact) mass is 314 g/mol. The molecule has 1 unspecified atom stereocenters. The van der Waals surface area contributed by atoms with Gasteiger partial charge in [-0.15, -0.1) is 0 Å². The Balaban J connectivity index is 1.91. The molecule has 0 bridgehead atoms. The van der Waals surface area contributed by atoms with Crippen molar-refractivity contribution in [3.8, 4) is 11.3 Å². The van der Waals surface area contributed by atoms with Gasteiger partial charge in [0.25, 0.3) is 5.91 Å². The second-order valence-electron chi connectivity index (χ2n) is 6.12. The first-order chi connectivity index (χ1) is 10.9. The largest absolute Gasteiger partial charge is 0.481 e. The van der Waals surface area contributed by atoms with Gasteiger partial charge in [-0.25, -0.2) is 4.98 Å². The van der Waals surface area contributed by atoms with Gasteiger partial charge in [-0.3, -0.25) is 9.59 Å². The average molecular weight is 314 g/mol. The quantitative estimate of drug-likeness (QED) is 0.941. The van der Waals surface area contributed by atoms with Crippen molar-refractivity contribution in [3.63, 3.8) is 0 Å². The lowest BCUT2D eigenvalue weighted by molar-refractivity contribution is -0.147. The van der Waals surface area contributed by atoms with Crippen molar-refractivity contribution < 1.29 is 19.1 Å². The highest BCUT2D eigenvalue weighted by atomic mass is 16.4. The van der Waals surface area contributed by atoms with Gasteiger partial charge in [0.1, 0.15) is 0 Å². The van der Waals surface area contributed by atoms with Crippen LogP contribution >= 0.6 is 0 Å². The van der Waals surface area contributed by atoms with Crippen LogP contribution in [0.15, 0.2) is 34.7 Å². The van der Waals surface area contributed by atoms with Crippen LogP contribution in [0.3, 0.4) is 0 Å². The molecule has 6 nitrogen and oxygen atoms in total. The molecule has 23 heavy (non-hydrogen) atoms. The summed E-state index contributed by atoms with van der Waals surface area (Å²) in [7, 11) is 0. The molecule has 0 saturated carbocycles. The lowest BCUT2D eigenvalue weighted by Crippen LogP contribution is -2.35. The molecule has 1 aromatic heterocycles. The summed E-state index contributed by atoms with van der Waals surface area (Å²) in [5, 5.41) is 9.31. The standard InChI is InChI=1S/C17H18N2O4/c1-11-18-13(14(23-11)12-6-4-3-5-7-12)15(20)19-9-8-17(2,10-19)16(21)22/h3-7H,8-10H2,1-2H3,(H,21,22). The number of rotatable bonds is 3. The lowest BCUT2D eigenvalue weighted by Gasteiger charge is -2.19. The van der Waals surface area contributed by atoms with Crippen LogP contribution in [0.25, 0.3) is 11.3 Å². The van der Waals surface area contributed by atoms with Gasteiger partial charge in [0.2, 0.25) is 0 Å². The van der Waals surface area contributed by atoms with E-state index in [1.54, 1.807) is 13.8 Å². The number of likely N-dealkylation sites (tertiary alicyclic amines) is 1. The third-order valence-corrected chi connectivity index (χ3v) is 4.25. The van der Waals surface area contributed by atoms with Crippen LogP contribution in [0.4, 0.5) is 0 Å². The minimum Gasteiger partial charge on any atom is -0.481 e. The Hall–Kier alpha value is -2.63. The van der Waals surface area contributed by atoms with Gasteiger partial charge in [-0.05, 0) is 13.3 Å². The van der Waals surface area contributed by atoms with E-state index in [0.29, 0.717) is 24.6 Å². The van der Waals surface area contributed by atoms with Crippen LogP contribution in [0, 0.1) is 12.3 Å². The van der Waals surface area contributed by atoms with E-state index < -0.39 is 11.4 Å². The topological polar surface area (TPSA) is 83.6 Å². The van der Waals surface area contributed by atoms with E-state index in [0.717, 1.165) is 5.56 Å². The van der Waals surface area contributed by atoms with Crippen molar-refractivity contribution in [1.29, 1.82) is 0 Å². The number of amides is 1. The molecule has 2 heterocycles. The number of hydrogen-bond donors (Lipinski definition) is 1. The van der Waals surface area contributed by atoms with Crippen molar-refractivity contribution in [2.45, 2.75) is 20.3 Å². The van der Waals surface area contributed by atoms with E-state index >= 15 is 0 Å². The summed E-state index contributed by atoms with van der Waals surface area (Å²) < 4.78 is 5.61. The van der Waals surface area contributed by atoms with Crippen LogP contribution in [-0.4, -0.2) is 40.0 Å². The lowest BCUT2D eigenvalue weighted by atomic mass is 9.90. The summed E-state index contributed by atoms with van der Waals surface area (Å²) in [6.45, 7) is 3.94. The van der Waals surface area contributed by atoms with Crippen molar-refractivity contribution >= 4 is 11.9 Å². The number of carbonyl (C=O) groups excluding carboxylic acids is 1. The number of hydrogen-bond acceptors (Lipinski definition) is 4. The fourth-order valence-electron chi connectivity index (χ4n) is 2.82. The Morgan fingerprint density at radius 1 is 1.30 bits per heavy atom. The van der Waals surface area contributed by atoms with Gasteiger partial charge >= 0.3 is 5.97 Å². The second-order valence-corrected chi connectivity index (χ2v) is 6.12. The first-order valence-corrected chi connectivity index (χ1v) is 7.46. The molecule has 6 heteroatoms. The van der Waals surface area contributed by atoms with E-state index in [1.807, 2.05) is 30.3 Å². The third kappa shape index (κ3) is 2.72. The highest BCUT2D eigenvalue weighted by Crippen LogP contribution is 2.33. The molecular weight excluding hydrogens is 296 g/mol. The third-order valence-electron chi connectivity index (χ3n) is 4.25. The summed E-state index contributed by atoms with van der Waals surface area (Å²) >= 11 is 0. The Morgan fingerprint density at radius 2 is 2.00 bits per heavy atom. The van der Waals surface area contributed by atoms with Gasteiger partial charge in [-0.2, -0.15) is 0 Å². The first-order valence-electron chi connectivity index (χ1n) is 7.46. The Labute approximate surface area is 133 Å². The predicted molar refractivity (Wildman–Crippen MR) is 82.9 cm³/mol. The van der Waals surface area contributed by atoms with Gasteiger partial charge in [0.05, 0.1) is 5.41 Å². The van der Waals surface area contributed by atoms with Crippen LogP contribution in [0.2, 0.25) is 0 Å². The molecule has 0 radical (unpaired) electrons. The highest BCUT2D eigenvalue weighted by molar-refractivity contribution is 5.98. The maximum absolute atomic E-state index is 12.8. The molecule has 3 rings (SSSR count). The zero-order valence-electron chi connectivity index (χ0n) is 13.1. The SMILES string of the molecule is Cc1nc(C(=O)N2CCC(C)(C(=O)O)C2)c(-c2ccccc2)o1. The molecule has 0 aliphatic carbocycles. The molecule has 0 spiro atoms.